The van der Waals surface area contributed by atoms with Crippen LogP contribution in [0.3, 0.4) is 0 Å². The molecule has 3 rings (SSSR count). The quantitative estimate of drug-likeness (QED) is 0.867. The van der Waals surface area contributed by atoms with Gasteiger partial charge < -0.3 is 4.90 Å². The third-order valence-electron chi connectivity index (χ3n) is 4.50. The van der Waals surface area contributed by atoms with Gasteiger partial charge in [-0.1, -0.05) is 25.1 Å². The number of amides is 1. The van der Waals surface area contributed by atoms with Crippen molar-refractivity contribution in [3.05, 3.63) is 46.8 Å². The number of hydrogen-bond acceptors (Lipinski definition) is 2. The maximum atomic E-state index is 12.9. The zero-order valence-electron chi connectivity index (χ0n) is 13.4. The third kappa shape index (κ3) is 2.62. The maximum Gasteiger partial charge on any atom is 0.333 e. The molecule has 0 bridgehead atoms. The fourth-order valence-electron chi connectivity index (χ4n) is 3.25. The summed E-state index contributed by atoms with van der Waals surface area (Å²) in [5, 5.41) is 3.84. The fourth-order valence-corrected chi connectivity index (χ4v) is 3.25. The molecule has 122 valence electrons. The summed E-state index contributed by atoms with van der Waals surface area (Å²) in [5.41, 5.74) is 3.49. The number of benzene rings is 1. The minimum atomic E-state index is -2.69. The Labute approximate surface area is 133 Å². The molecule has 4 nitrogen and oxygen atoms in total. The van der Waals surface area contributed by atoms with Gasteiger partial charge in [0.2, 0.25) is 5.91 Å². The molecular weight excluding hydrogens is 300 g/mol. The van der Waals surface area contributed by atoms with Crippen molar-refractivity contribution in [3.63, 3.8) is 0 Å². The molecule has 0 saturated heterocycles. The summed E-state index contributed by atoms with van der Waals surface area (Å²) in [6.45, 7) is 3.26. The topological polar surface area (TPSA) is 38.1 Å². The normalized spacial score (nSPS) is 17.0. The van der Waals surface area contributed by atoms with E-state index in [1.165, 1.54) is 0 Å². The molecule has 0 saturated carbocycles. The lowest BCUT2D eigenvalue weighted by Gasteiger charge is -2.17. The molecule has 0 radical (unpaired) electrons. The van der Waals surface area contributed by atoms with Crippen LogP contribution in [-0.2, 0) is 11.2 Å². The van der Waals surface area contributed by atoms with Crippen molar-refractivity contribution in [1.29, 1.82) is 0 Å². The molecular formula is C17H19F2N3O. The second-order valence-electron chi connectivity index (χ2n) is 6.01. The molecule has 0 N–H and O–H groups in total. The molecule has 0 fully saturated rings. The largest absolute Gasteiger partial charge is 0.333 e. The van der Waals surface area contributed by atoms with Crippen LogP contribution in [0.1, 0.15) is 41.9 Å². The number of rotatable bonds is 3. The maximum absolute atomic E-state index is 12.9. The summed E-state index contributed by atoms with van der Waals surface area (Å²) in [7, 11) is 0. The van der Waals surface area contributed by atoms with Crippen LogP contribution >= 0.6 is 0 Å². The second-order valence-corrected chi connectivity index (χ2v) is 6.01. The molecule has 1 atom stereocenters. The highest BCUT2D eigenvalue weighted by molar-refractivity contribution is 5.97. The minimum Gasteiger partial charge on any atom is -0.311 e. The molecule has 1 aromatic carbocycles. The van der Waals surface area contributed by atoms with Crippen molar-refractivity contribution in [2.45, 2.75) is 39.7 Å². The summed E-state index contributed by atoms with van der Waals surface area (Å²) in [4.78, 5) is 14.5. The van der Waals surface area contributed by atoms with Gasteiger partial charge in [-0.25, -0.2) is 4.68 Å². The van der Waals surface area contributed by atoms with Crippen LogP contribution in [0, 0.1) is 13.8 Å². The van der Waals surface area contributed by atoms with Crippen LogP contribution in [0.5, 0.6) is 0 Å². The van der Waals surface area contributed by atoms with E-state index in [4.69, 9.17) is 0 Å². The highest BCUT2D eigenvalue weighted by Crippen LogP contribution is 2.36. The minimum absolute atomic E-state index is 0.0817. The zero-order valence-corrected chi connectivity index (χ0v) is 13.4. The number of carbonyl (C=O) groups is 1. The van der Waals surface area contributed by atoms with E-state index in [9.17, 15) is 13.6 Å². The summed E-state index contributed by atoms with van der Waals surface area (Å²) >= 11 is 0. The van der Waals surface area contributed by atoms with Crippen LogP contribution in [0.25, 0.3) is 0 Å². The Morgan fingerprint density at radius 2 is 2.04 bits per heavy atom. The van der Waals surface area contributed by atoms with Gasteiger partial charge in [0.1, 0.15) is 0 Å². The molecule has 2 aromatic rings. The first kappa shape index (κ1) is 15.6. The fraction of sp³-hybridized carbons (Fsp3) is 0.412. The lowest BCUT2D eigenvalue weighted by atomic mass is 10.0. The number of hydrogen-bond donors (Lipinski definition) is 0. The van der Waals surface area contributed by atoms with Crippen LogP contribution < -0.4 is 4.90 Å². The Kier molecular flexibility index (Phi) is 3.92. The van der Waals surface area contributed by atoms with Gasteiger partial charge in [0.05, 0.1) is 12.1 Å². The van der Waals surface area contributed by atoms with Crippen molar-refractivity contribution in [1.82, 2.24) is 9.78 Å². The molecule has 2 heterocycles. The Morgan fingerprint density at radius 1 is 1.35 bits per heavy atom. The molecule has 6 heteroatoms. The van der Waals surface area contributed by atoms with E-state index in [0.717, 1.165) is 11.3 Å². The standard InChI is InChI=1S/C17H19F2N3O/c1-10-9-21(15-7-5-4-6-13(10)15)16(23)8-14-11(2)20-22(12(14)3)17(18)19/h4-7,10,17H,8-9H2,1-3H3/t10-/m0/s1. The van der Waals surface area contributed by atoms with E-state index in [1.807, 2.05) is 24.3 Å². The number of alkyl halides is 2. The van der Waals surface area contributed by atoms with Crippen molar-refractivity contribution < 1.29 is 13.6 Å². The number of aromatic nitrogens is 2. The SMILES string of the molecule is Cc1nn(C(F)F)c(C)c1CC(=O)N1C[C@H](C)c2ccccc21. The monoisotopic (exact) mass is 319 g/mol. The van der Waals surface area contributed by atoms with Crippen molar-refractivity contribution in [2.75, 3.05) is 11.4 Å². The lowest BCUT2D eigenvalue weighted by Crippen LogP contribution is -2.31. The van der Waals surface area contributed by atoms with E-state index in [1.54, 1.807) is 18.7 Å². The first-order valence-corrected chi connectivity index (χ1v) is 7.62. The molecule has 0 unspecified atom stereocenters. The van der Waals surface area contributed by atoms with Gasteiger partial charge in [-0.15, -0.1) is 0 Å². The predicted molar refractivity (Wildman–Crippen MR) is 83.9 cm³/mol. The Balaban J connectivity index is 1.87. The van der Waals surface area contributed by atoms with Gasteiger partial charge in [0.25, 0.3) is 0 Å². The Bertz CT molecular complexity index is 754. The Morgan fingerprint density at radius 3 is 2.70 bits per heavy atom. The van der Waals surface area contributed by atoms with E-state index in [0.29, 0.717) is 28.2 Å². The van der Waals surface area contributed by atoms with Crippen molar-refractivity contribution >= 4 is 11.6 Å². The number of halogens is 2. The van der Waals surface area contributed by atoms with Crippen LogP contribution in [0.4, 0.5) is 14.5 Å². The van der Waals surface area contributed by atoms with E-state index in [-0.39, 0.29) is 18.2 Å². The summed E-state index contributed by atoms with van der Waals surface area (Å²) < 4.78 is 26.5. The number of anilines is 1. The highest BCUT2D eigenvalue weighted by atomic mass is 19.3. The Hall–Kier alpha value is -2.24. The van der Waals surface area contributed by atoms with Crippen molar-refractivity contribution in [3.8, 4) is 0 Å². The first-order chi connectivity index (χ1) is 10.9. The molecule has 1 amide bonds. The molecule has 1 aliphatic rings. The number of aryl methyl sites for hydroxylation is 1. The average molecular weight is 319 g/mol. The van der Waals surface area contributed by atoms with Gasteiger partial charge in [0, 0.05) is 29.4 Å². The van der Waals surface area contributed by atoms with Gasteiger partial charge >= 0.3 is 6.55 Å². The predicted octanol–water partition coefficient (Wildman–Crippen LogP) is 3.59. The first-order valence-electron chi connectivity index (χ1n) is 7.62. The average Bonchev–Trinajstić information content (AvgIpc) is 3.00. The molecule has 23 heavy (non-hydrogen) atoms. The molecule has 1 aliphatic heterocycles. The van der Waals surface area contributed by atoms with Crippen LogP contribution in [0.15, 0.2) is 24.3 Å². The molecule has 0 aliphatic carbocycles. The molecule has 0 spiro atoms. The molecule has 1 aromatic heterocycles. The number of fused-ring (bicyclic) bond motifs is 1. The van der Waals surface area contributed by atoms with Crippen molar-refractivity contribution in [2.24, 2.45) is 0 Å². The van der Waals surface area contributed by atoms with Gasteiger partial charge in [-0.05, 0) is 25.5 Å². The van der Waals surface area contributed by atoms with E-state index < -0.39 is 6.55 Å². The van der Waals surface area contributed by atoms with Gasteiger partial charge in [0.15, 0.2) is 0 Å². The highest BCUT2D eigenvalue weighted by Gasteiger charge is 2.30. The summed E-state index contributed by atoms with van der Waals surface area (Å²) in [5.74, 6) is 0.197. The van der Waals surface area contributed by atoms with E-state index >= 15 is 0 Å². The number of carbonyl (C=O) groups excluding carboxylic acids is 1. The zero-order chi connectivity index (χ0) is 16.7. The van der Waals surface area contributed by atoms with Crippen LogP contribution in [0.2, 0.25) is 0 Å². The van der Waals surface area contributed by atoms with Gasteiger partial charge in [-0.3, -0.25) is 4.79 Å². The smallest absolute Gasteiger partial charge is 0.311 e. The van der Waals surface area contributed by atoms with Gasteiger partial charge in [-0.2, -0.15) is 13.9 Å². The lowest BCUT2D eigenvalue weighted by molar-refractivity contribution is -0.117. The number of para-hydroxylation sites is 1. The summed E-state index contributed by atoms with van der Waals surface area (Å²) in [6.07, 6.45) is 0.0887. The van der Waals surface area contributed by atoms with E-state index in [2.05, 4.69) is 12.0 Å². The van der Waals surface area contributed by atoms with Crippen LogP contribution in [-0.4, -0.2) is 22.2 Å². The summed E-state index contributed by atoms with van der Waals surface area (Å²) in [6, 6.07) is 7.82. The third-order valence-corrected chi connectivity index (χ3v) is 4.50. The number of nitrogens with zero attached hydrogens (tertiary/aromatic N) is 3. The second kappa shape index (κ2) is 5.76.